The second kappa shape index (κ2) is 6.29. The van der Waals surface area contributed by atoms with Gasteiger partial charge in [0.1, 0.15) is 5.82 Å². The summed E-state index contributed by atoms with van der Waals surface area (Å²) in [7, 11) is -3.54. The van der Waals surface area contributed by atoms with Gasteiger partial charge in [-0.1, -0.05) is 6.92 Å². The number of aromatic nitrogens is 1. The zero-order valence-corrected chi connectivity index (χ0v) is 13.6. The largest absolute Gasteiger partial charge is 0.378 e. The van der Waals surface area contributed by atoms with Crippen molar-refractivity contribution in [1.82, 2.24) is 9.29 Å². The van der Waals surface area contributed by atoms with Crippen LogP contribution in [-0.4, -0.2) is 49.5 Å². The molecule has 1 aliphatic heterocycles. The van der Waals surface area contributed by atoms with Crippen molar-refractivity contribution in [1.29, 1.82) is 0 Å². The fourth-order valence-corrected chi connectivity index (χ4v) is 4.10. The van der Waals surface area contributed by atoms with E-state index in [0.717, 1.165) is 13.0 Å². The Morgan fingerprint density at radius 1 is 1.48 bits per heavy atom. The van der Waals surface area contributed by atoms with Crippen LogP contribution in [-0.2, 0) is 14.8 Å². The number of sulfonamides is 1. The lowest BCUT2D eigenvalue weighted by molar-refractivity contribution is -0.00770. The fourth-order valence-electron chi connectivity index (χ4n) is 2.34. The minimum atomic E-state index is -3.54. The molecule has 1 aromatic heterocycles. The van der Waals surface area contributed by atoms with Crippen LogP contribution in [0.5, 0.6) is 0 Å². The third-order valence-electron chi connectivity index (χ3n) is 3.44. The molecule has 1 aromatic rings. The first-order valence-corrected chi connectivity index (χ1v) is 8.62. The van der Waals surface area contributed by atoms with Crippen molar-refractivity contribution >= 4 is 15.8 Å². The molecule has 0 spiro atoms. The van der Waals surface area contributed by atoms with E-state index in [-0.39, 0.29) is 4.90 Å². The highest BCUT2D eigenvalue weighted by Gasteiger charge is 2.39. The maximum Gasteiger partial charge on any atom is 0.243 e. The lowest BCUT2D eigenvalue weighted by Crippen LogP contribution is -2.55. The number of pyridine rings is 1. The van der Waals surface area contributed by atoms with E-state index in [1.54, 1.807) is 6.07 Å². The van der Waals surface area contributed by atoms with E-state index in [2.05, 4.69) is 10.3 Å². The van der Waals surface area contributed by atoms with Crippen molar-refractivity contribution in [2.75, 3.05) is 31.6 Å². The van der Waals surface area contributed by atoms with Gasteiger partial charge in [0, 0.05) is 25.4 Å². The predicted molar refractivity (Wildman–Crippen MR) is 81.8 cm³/mol. The zero-order valence-electron chi connectivity index (χ0n) is 12.8. The van der Waals surface area contributed by atoms with Crippen molar-refractivity contribution in [3.05, 3.63) is 18.3 Å². The second-order valence-corrected chi connectivity index (χ2v) is 7.61. The Hall–Kier alpha value is -1.18. The summed E-state index contributed by atoms with van der Waals surface area (Å²) in [6, 6.07) is 3.13. The van der Waals surface area contributed by atoms with Crippen LogP contribution in [0.4, 0.5) is 5.82 Å². The highest BCUT2D eigenvalue weighted by molar-refractivity contribution is 7.89. The van der Waals surface area contributed by atoms with Crippen LogP contribution in [0.2, 0.25) is 0 Å². The van der Waals surface area contributed by atoms with Gasteiger partial charge in [0.2, 0.25) is 10.0 Å². The van der Waals surface area contributed by atoms with E-state index in [0.29, 0.717) is 25.6 Å². The summed E-state index contributed by atoms with van der Waals surface area (Å²) < 4.78 is 32.6. The van der Waals surface area contributed by atoms with E-state index in [4.69, 9.17) is 4.74 Å². The van der Waals surface area contributed by atoms with E-state index >= 15 is 0 Å². The van der Waals surface area contributed by atoms with Crippen LogP contribution in [0.15, 0.2) is 23.2 Å². The second-order valence-electron chi connectivity index (χ2n) is 5.75. The molecule has 0 bridgehead atoms. The first kappa shape index (κ1) is 16.2. The van der Waals surface area contributed by atoms with Gasteiger partial charge < -0.3 is 10.1 Å². The molecule has 0 radical (unpaired) electrons. The first-order valence-electron chi connectivity index (χ1n) is 7.18. The third kappa shape index (κ3) is 3.53. The van der Waals surface area contributed by atoms with E-state index in [1.165, 1.54) is 16.6 Å². The summed E-state index contributed by atoms with van der Waals surface area (Å²) in [6.45, 7) is 7.76. The first-order chi connectivity index (χ1) is 9.88. The van der Waals surface area contributed by atoms with Crippen molar-refractivity contribution < 1.29 is 13.2 Å². The summed E-state index contributed by atoms with van der Waals surface area (Å²) in [5.74, 6) is 0.587. The van der Waals surface area contributed by atoms with Crippen molar-refractivity contribution in [2.45, 2.75) is 37.6 Å². The molecule has 21 heavy (non-hydrogen) atoms. The molecule has 1 fully saturated rings. The minimum Gasteiger partial charge on any atom is -0.378 e. The van der Waals surface area contributed by atoms with E-state index in [9.17, 15) is 8.42 Å². The Morgan fingerprint density at radius 2 is 2.24 bits per heavy atom. The van der Waals surface area contributed by atoms with Crippen LogP contribution >= 0.6 is 0 Å². The molecule has 0 saturated carbocycles. The summed E-state index contributed by atoms with van der Waals surface area (Å²) in [5.41, 5.74) is -0.544. The van der Waals surface area contributed by atoms with Crippen molar-refractivity contribution in [3.63, 3.8) is 0 Å². The Balaban J connectivity index is 2.30. The maximum atomic E-state index is 12.8. The number of nitrogens with one attached hydrogen (secondary N) is 1. The Kier molecular flexibility index (Phi) is 4.85. The number of hydrogen-bond acceptors (Lipinski definition) is 5. The van der Waals surface area contributed by atoms with Gasteiger partial charge in [0.25, 0.3) is 0 Å². The van der Waals surface area contributed by atoms with E-state index in [1.807, 2.05) is 20.8 Å². The highest BCUT2D eigenvalue weighted by Crippen LogP contribution is 2.27. The Labute approximate surface area is 126 Å². The molecule has 118 valence electrons. The van der Waals surface area contributed by atoms with Crippen LogP contribution in [0.3, 0.4) is 0 Å². The fraction of sp³-hybridized carbons (Fsp3) is 0.643. The van der Waals surface area contributed by atoms with Crippen molar-refractivity contribution in [2.24, 2.45) is 0 Å². The molecule has 0 amide bonds. The summed E-state index contributed by atoms with van der Waals surface area (Å²) in [6.07, 6.45) is 2.48. The highest BCUT2D eigenvalue weighted by atomic mass is 32.2. The van der Waals surface area contributed by atoms with Gasteiger partial charge in [-0.3, -0.25) is 0 Å². The van der Waals surface area contributed by atoms with Crippen molar-refractivity contribution in [3.8, 4) is 0 Å². The summed E-state index contributed by atoms with van der Waals surface area (Å²) >= 11 is 0. The quantitative estimate of drug-likeness (QED) is 0.896. The molecule has 0 unspecified atom stereocenters. The molecule has 1 saturated heterocycles. The number of anilines is 1. The molecule has 1 N–H and O–H groups in total. The van der Waals surface area contributed by atoms with Crippen LogP contribution in [0.25, 0.3) is 0 Å². The van der Waals surface area contributed by atoms with Gasteiger partial charge in [-0.15, -0.1) is 0 Å². The van der Waals surface area contributed by atoms with Gasteiger partial charge in [0.15, 0.2) is 0 Å². The molecular weight excluding hydrogens is 290 g/mol. The lowest BCUT2D eigenvalue weighted by atomic mass is 10.1. The molecule has 6 nitrogen and oxygen atoms in total. The van der Waals surface area contributed by atoms with Gasteiger partial charge in [-0.25, -0.2) is 13.4 Å². The molecule has 2 heterocycles. The average Bonchev–Trinajstić information content (AvgIpc) is 2.44. The van der Waals surface area contributed by atoms with Gasteiger partial charge in [-0.2, -0.15) is 4.31 Å². The molecule has 0 aromatic carbocycles. The molecule has 2 rings (SSSR count). The molecule has 0 aliphatic carbocycles. The number of morpholine rings is 1. The van der Waals surface area contributed by atoms with Gasteiger partial charge >= 0.3 is 0 Å². The smallest absolute Gasteiger partial charge is 0.243 e. The third-order valence-corrected chi connectivity index (χ3v) is 5.55. The molecule has 1 aliphatic rings. The number of nitrogens with zero attached hydrogens (tertiary/aromatic N) is 2. The summed E-state index contributed by atoms with van der Waals surface area (Å²) in [4.78, 5) is 4.42. The average molecular weight is 313 g/mol. The Bertz CT molecular complexity index is 587. The van der Waals surface area contributed by atoms with Crippen LogP contribution in [0.1, 0.15) is 27.2 Å². The van der Waals surface area contributed by atoms with Gasteiger partial charge in [-0.05, 0) is 26.3 Å². The molecular formula is C14H23N3O3S. The molecule has 7 heteroatoms. The number of rotatable bonds is 5. The normalized spacial score (nSPS) is 19.4. The molecule has 0 atom stereocenters. The zero-order chi connectivity index (χ0) is 15.5. The number of hydrogen-bond donors (Lipinski definition) is 1. The topological polar surface area (TPSA) is 71.5 Å². The van der Waals surface area contributed by atoms with Gasteiger partial charge in [0.05, 0.1) is 23.6 Å². The minimum absolute atomic E-state index is 0.270. The van der Waals surface area contributed by atoms with E-state index < -0.39 is 15.6 Å². The lowest BCUT2D eigenvalue weighted by Gasteiger charge is -2.40. The standard InChI is InChI=1S/C14H23N3O3S/c1-4-6-15-13-10-12(5-7-16-13)21(18,19)17-8-9-20-11-14(17,2)3/h5,7,10H,4,6,8-9,11H2,1-3H3,(H,15,16). The van der Waals surface area contributed by atoms with Crippen LogP contribution in [0, 0.1) is 0 Å². The maximum absolute atomic E-state index is 12.8. The Morgan fingerprint density at radius 3 is 2.90 bits per heavy atom. The summed E-state index contributed by atoms with van der Waals surface area (Å²) in [5, 5.41) is 3.11. The monoisotopic (exact) mass is 313 g/mol. The van der Waals surface area contributed by atoms with Crippen LogP contribution < -0.4 is 5.32 Å². The number of ether oxygens (including phenoxy) is 1. The SMILES string of the molecule is CCCNc1cc(S(=O)(=O)N2CCOCC2(C)C)ccn1. The predicted octanol–water partition coefficient (Wildman–Crippen LogP) is 1.70.